The van der Waals surface area contributed by atoms with Crippen molar-refractivity contribution in [3.63, 3.8) is 0 Å². The fraction of sp³-hybridized carbons (Fsp3) is 0.467. The molecule has 1 aromatic carbocycles. The maximum atomic E-state index is 6.20. The van der Waals surface area contributed by atoms with Gasteiger partial charge in [0.1, 0.15) is 5.82 Å². The topological polar surface area (TPSA) is 56.7 Å². The van der Waals surface area contributed by atoms with Crippen molar-refractivity contribution in [3.8, 4) is 0 Å². The smallest absolute Gasteiger partial charge is 0.153 e. The molecule has 1 aromatic heterocycles. The number of nitrogens with zero attached hydrogens (tertiary/aromatic N) is 3. The van der Waals surface area contributed by atoms with Gasteiger partial charge in [-0.15, -0.1) is 0 Å². The average molecular weight is 258 g/mol. The van der Waals surface area contributed by atoms with E-state index in [0.29, 0.717) is 5.92 Å². The number of hydrogen-bond donors (Lipinski definition) is 1. The molecule has 1 heterocycles. The molecule has 2 N–H and O–H groups in total. The van der Waals surface area contributed by atoms with Crippen molar-refractivity contribution in [3.05, 3.63) is 47.5 Å². The van der Waals surface area contributed by atoms with Crippen LogP contribution in [-0.2, 0) is 13.5 Å². The summed E-state index contributed by atoms with van der Waals surface area (Å²) in [5.74, 6) is 2.28. The van der Waals surface area contributed by atoms with Crippen LogP contribution in [0.25, 0.3) is 0 Å². The highest BCUT2D eigenvalue weighted by atomic mass is 15.3. The summed E-state index contributed by atoms with van der Waals surface area (Å²) in [6, 6.07) is 10.2. The summed E-state index contributed by atoms with van der Waals surface area (Å²) in [7, 11) is 1.95. The van der Waals surface area contributed by atoms with Gasteiger partial charge in [0.25, 0.3) is 0 Å². The van der Waals surface area contributed by atoms with Crippen molar-refractivity contribution < 1.29 is 0 Å². The van der Waals surface area contributed by atoms with Gasteiger partial charge in [-0.3, -0.25) is 4.68 Å². The number of benzene rings is 1. The molecule has 19 heavy (non-hydrogen) atoms. The molecule has 4 heteroatoms. The van der Waals surface area contributed by atoms with Gasteiger partial charge >= 0.3 is 0 Å². The largest absolute Gasteiger partial charge is 0.324 e. The minimum atomic E-state index is 0.0559. The zero-order valence-corrected chi connectivity index (χ0v) is 11.9. The van der Waals surface area contributed by atoms with E-state index in [9.17, 15) is 0 Å². The Morgan fingerprint density at radius 2 is 1.89 bits per heavy atom. The Kier molecular flexibility index (Phi) is 4.32. The maximum Gasteiger partial charge on any atom is 0.153 e. The summed E-state index contributed by atoms with van der Waals surface area (Å²) in [6.45, 7) is 4.21. The minimum Gasteiger partial charge on any atom is -0.324 e. The molecule has 1 atom stereocenters. The third-order valence-electron chi connectivity index (χ3n) is 3.29. The van der Waals surface area contributed by atoms with E-state index in [1.165, 1.54) is 5.56 Å². The van der Waals surface area contributed by atoms with E-state index in [0.717, 1.165) is 24.5 Å². The molecule has 4 nitrogen and oxygen atoms in total. The minimum absolute atomic E-state index is 0.0559. The van der Waals surface area contributed by atoms with Crippen LogP contribution in [0, 0.1) is 0 Å². The van der Waals surface area contributed by atoms with Crippen molar-refractivity contribution in [1.29, 1.82) is 0 Å². The van der Waals surface area contributed by atoms with Crippen LogP contribution in [0.3, 0.4) is 0 Å². The van der Waals surface area contributed by atoms with Crippen LogP contribution in [0.5, 0.6) is 0 Å². The van der Waals surface area contributed by atoms with Gasteiger partial charge < -0.3 is 5.73 Å². The lowest BCUT2D eigenvalue weighted by molar-refractivity contribution is 0.604. The summed E-state index contributed by atoms with van der Waals surface area (Å²) in [4.78, 5) is 4.57. The molecule has 1 unspecified atom stereocenters. The Hall–Kier alpha value is -1.68. The zero-order chi connectivity index (χ0) is 13.8. The van der Waals surface area contributed by atoms with E-state index in [-0.39, 0.29) is 6.04 Å². The van der Waals surface area contributed by atoms with E-state index in [4.69, 9.17) is 5.73 Å². The lowest BCUT2D eigenvalue weighted by atomic mass is 10.0. The number of nitrogens with two attached hydrogens (primary N) is 1. The van der Waals surface area contributed by atoms with Gasteiger partial charge in [-0.25, -0.2) is 4.98 Å². The highest BCUT2D eigenvalue weighted by molar-refractivity contribution is 5.18. The summed E-state index contributed by atoms with van der Waals surface area (Å²) in [5, 5.41) is 4.43. The van der Waals surface area contributed by atoms with E-state index in [1.54, 1.807) is 0 Å². The maximum absolute atomic E-state index is 6.20. The van der Waals surface area contributed by atoms with Gasteiger partial charge in [-0.1, -0.05) is 44.2 Å². The van der Waals surface area contributed by atoms with Gasteiger partial charge in [0.15, 0.2) is 5.82 Å². The molecule has 0 aliphatic carbocycles. The molecule has 2 rings (SSSR count). The van der Waals surface area contributed by atoms with E-state index in [2.05, 4.69) is 36.1 Å². The Bertz CT molecular complexity index is 516. The predicted octanol–water partition coefficient (Wildman–Crippen LogP) is 2.57. The first-order valence-corrected chi connectivity index (χ1v) is 6.78. The quantitative estimate of drug-likeness (QED) is 0.896. The Morgan fingerprint density at radius 3 is 2.47 bits per heavy atom. The molecule has 0 bridgehead atoms. The highest BCUT2D eigenvalue weighted by Gasteiger charge is 2.12. The molecule has 0 fully saturated rings. The number of aryl methyl sites for hydroxylation is 2. The molecule has 0 spiro atoms. The first kappa shape index (κ1) is 13.7. The van der Waals surface area contributed by atoms with Crippen molar-refractivity contribution in [2.75, 3.05) is 0 Å². The molecule has 0 aliphatic heterocycles. The second-order valence-electron chi connectivity index (χ2n) is 5.22. The highest BCUT2D eigenvalue weighted by Crippen LogP contribution is 2.17. The molecule has 2 aromatic rings. The Morgan fingerprint density at radius 1 is 1.21 bits per heavy atom. The standard InChI is InChI=1S/C15H22N4/c1-11(2)15-17-14(19(3)18-15)10-9-13(16)12-7-5-4-6-8-12/h4-8,11,13H,9-10,16H2,1-3H3. The summed E-state index contributed by atoms with van der Waals surface area (Å²) in [6.07, 6.45) is 1.74. The van der Waals surface area contributed by atoms with Crippen LogP contribution in [0.2, 0.25) is 0 Å². The molecule has 0 radical (unpaired) electrons. The fourth-order valence-corrected chi connectivity index (χ4v) is 2.05. The van der Waals surface area contributed by atoms with Crippen molar-refractivity contribution >= 4 is 0 Å². The second-order valence-corrected chi connectivity index (χ2v) is 5.22. The van der Waals surface area contributed by atoms with Gasteiger partial charge in [-0.05, 0) is 12.0 Å². The third-order valence-corrected chi connectivity index (χ3v) is 3.29. The molecule has 0 saturated heterocycles. The predicted molar refractivity (Wildman–Crippen MR) is 76.8 cm³/mol. The lowest BCUT2D eigenvalue weighted by Gasteiger charge is -2.11. The van der Waals surface area contributed by atoms with E-state index >= 15 is 0 Å². The first-order valence-electron chi connectivity index (χ1n) is 6.78. The van der Waals surface area contributed by atoms with Crippen LogP contribution in [0.4, 0.5) is 0 Å². The normalized spacial score (nSPS) is 12.9. The molecular weight excluding hydrogens is 236 g/mol. The second kappa shape index (κ2) is 5.97. The average Bonchev–Trinajstić information content (AvgIpc) is 2.79. The van der Waals surface area contributed by atoms with E-state index < -0.39 is 0 Å². The van der Waals surface area contributed by atoms with Gasteiger partial charge in [0, 0.05) is 25.4 Å². The zero-order valence-electron chi connectivity index (χ0n) is 11.9. The number of hydrogen-bond acceptors (Lipinski definition) is 3. The molecule has 0 aliphatic rings. The van der Waals surface area contributed by atoms with Gasteiger partial charge in [0.2, 0.25) is 0 Å². The molecular formula is C15H22N4. The summed E-state index contributed by atoms with van der Waals surface area (Å²) < 4.78 is 1.87. The number of rotatable bonds is 5. The fourth-order valence-electron chi connectivity index (χ4n) is 2.05. The summed E-state index contributed by atoms with van der Waals surface area (Å²) in [5.41, 5.74) is 7.38. The van der Waals surface area contributed by atoms with E-state index in [1.807, 2.05) is 29.9 Å². The molecule has 0 amide bonds. The molecule has 0 saturated carbocycles. The van der Waals surface area contributed by atoms with Crippen molar-refractivity contribution in [2.45, 2.75) is 38.6 Å². The Labute approximate surface area is 114 Å². The third kappa shape index (κ3) is 3.41. The van der Waals surface area contributed by atoms with Crippen molar-refractivity contribution in [2.24, 2.45) is 12.8 Å². The first-order chi connectivity index (χ1) is 9.08. The van der Waals surface area contributed by atoms with Crippen LogP contribution in [0.1, 0.15) is 49.4 Å². The van der Waals surface area contributed by atoms with Gasteiger partial charge in [-0.2, -0.15) is 5.10 Å². The SMILES string of the molecule is CC(C)c1nc(CCC(N)c2ccccc2)n(C)n1. The van der Waals surface area contributed by atoms with Crippen LogP contribution in [0.15, 0.2) is 30.3 Å². The molecule has 102 valence electrons. The van der Waals surface area contributed by atoms with Crippen LogP contribution in [-0.4, -0.2) is 14.8 Å². The lowest BCUT2D eigenvalue weighted by Crippen LogP contribution is -2.12. The van der Waals surface area contributed by atoms with Crippen molar-refractivity contribution in [1.82, 2.24) is 14.8 Å². The Balaban J connectivity index is 1.99. The summed E-state index contributed by atoms with van der Waals surface area (Å²) >= 11 is 0. The van der Waals surface area contributed by atoms with Crippen LogP contribution < -0.4 is 5.73 Å². The monoisotopic (exact) mass is 258 g/mol. The van der Waals surface area contributed by atoms with Gasteiger partial charge in [0.05, 0.1) is 0 Å². The van der Waals surface area contributed by atoms with Crippen LogP contribution >= 0.6 is 0 Å². The number of aromatic nitrogens is 3.